The van der Waals surface area contributed by atoms with Crippen molar-refractivity contribution in [2.24, 2.45) is 0 Å². The molecule has 2 nitrogen and oxygen atoms in total. The van der Waals surface area contributed by atoms with Gasteiger partial charge in [0.05, 0.1) is 6.42 Å². The van der Waals surface area contributed by atoms with Gasteiger partial charge in [0.15, 0.2) is 0 Å². The molecule has 0 bridgehead atoms. The van der Waals surface area contributed by atoms with E-state index in [9.17, 15) is 0 Å². The monoisotopic (exact) mass is 136 g/mol. The normalized spacial score (nSPS) is 24.0. The quantitative estimate of drug-likeness (QED) is 0.513. The van der Waals surface area contributed by atoms with Gasteiger partial charge in [-0.15, -0.1) is 0 Å². The molecule has 0 amide bonds. The van der Waals surface area contributed by atoms with Crippen molar-refractivity contribution in [1.82, 2.24) is 10.3 Å². The Kier molecular flexibility index (Phi) is 1.46. The van der Waals surface area contributed by atoms with Crippen LogP contribution in [0.2, 0.25) is 0 Å². The molecule has 0 fully saturated rings. The van der Waals surface area contributed by atoms with Gasteiger partial charge < -0.3 is 5.32 Å². The van der Waals surface area contributed by atoms with E-state index in [4.69, 9.17) is 0 Å². The Morgan fingerprint density at radius 1 is 1.40 bits per heavy atom. The molecule has 0 spiro atoms. The molecule has 1 N–H and O–H groups in total. The van der Waals surface area contributed by atoms with Crippen molar-refractivity contribution >= 4 is 5.71 Å². The summed E-state index contributed by atoms with van der Waals surface area (Å²) in [5.74, 6) is 0. The van der Waals surface area contributed by atoms with E-state index in [0.29, 0.717) is 0 Å². The molecule has 0 unspecified atom stereocenters. The van der Waals surface area contributed by atoms with Crippen molar-refractivity contribution in [2.45, 2.75) is 19.3 Å². The van der Waals surface area contributed by atoms with E-state index >= 15 is 0 Å². The van der Waals surface area contributed by atoms with Crippen LogP contribution in [0.25, 0.3) is 0 Å². The van der Waals surface area contributed by atoms with Crippen LogP contribution < -0.4 is 10.3 Å². The van der Waals surface area contributed by atoms with Crippen LogP contribution in [0.1, 0.15) is 19.3 Å². The van der Waals surface area contributed by atoms with Crippen molar-refractivity contribution in [1.29, 1.82) is 0 Å². The average Bonchev–Trinajstić information content (AvgIpc) is 2.05. The first kappa shape index (κ1) is 5.96. The van der Waals surface area contributed by atoms with Crippen molar-refractivity contribution in [3.05, 3.63) is 11.8 Å². The summed E-state index contributed by atoms with van der Waals surface area (Å²) in [6, 6.07) is 0. The summed E-state index contributed by atoms with van der Waals surface area (Å²) in [5.41, 5.74) is 2.79. The summed E-state index contributed by atoms with van der Waals surface area (Å²) in [5, 5.41) is 3.24. The number of fused-ring (bicyclic) bond motifs is 1. The Hall–Kier alpha value is -0.790. The predicted octanol–water partition coefficient (Wildman–Crippen LogP) is 0.434. The Morgan fingerprint density at radius 2 is 2.40 bits per heavy atom. The molecule has 0 aliphatic carbocycles. The minimum atomic E-state index is 1.05. The van der Waals surface area contributed by atoms with Crippen LogP contribution in [0, 0.1) is 0 Å². The van der Waals surface area contributed by atoms with Crippen LogP contribution in [0.3, 0.4) is 0 Å². The number of hydrogen-bond acceptors (Lipinski definition) is 2. The van der Waals surface area contributed by atoms with Crippen molar-refractivity contribution in [3.8, 4) is 0 Å². The van der Waals surface area contributed by atoms with Gasteiger partial charge in [0.25, 0.3) is 5.71 Å². The Morgan fingerprint density at radius 3 is 3.30 bits per heavy atom. The second-order valence-electron chi connectivity index (χ2n) is 2.81. The van der Waals surface area contributed by atoms with Gasteiger partial charge in [-0.25, -0.2) is 0 Å². The molecule has 0 saturated heterocycles. The van der Waals surface area contributed by atoms with E-state index in [1.54, 1.807) is 0 Å². The zero-order chi connectivity index (χ0) is 6.81. The zero-order valence-electron chi connectivity index (χ0n) is 6.06. The maximum atomic E-state index is 4.46. The number of aliphatic imine (C=N–C) groups is 1. The molecule has 0 atom stereocenters. The number of nitrogens with one attached hydrogen (secondary N) is 1. The SMILES string of the molecule is C1=C2CCC[N+]=C2CCN1. The van der Waals surface area contributed by atoms with Crippen LogP contribution in [0.15, 0.2) is 11.8 Å². The van der Waals surface area contributed by atoms with Gasteiger partial charge in [0.2, 0.25) is 6.54 Å². The first-order valence-corrected chi connectivity index (χ1v) is 3.93. The lowest BCUT2D eigenvalue weighted by molar-refractivity contribution is 0.721. The van der Waals surface area contributed by atoms with Gasteiger partial charge in [0.1, 0.15) is 0 Å². The average molecular weight is 136 g/mol. The minimum Gasteiger partial charge on any atom is -0.390 e. The lowest BCUT2D eigenvalue weighted by Gasteiger charge is -2.12. The lowest BCUT2D eigenvalue weighted by Crippen LogP contribution is -2.28. The van der Waals surface area contributed by atoms with E-state index in [0.717, 1.165) is 19.5 Å². The molecule has 2 aliphatic heterocycles. The zero-order valence-corrected chi connectivity index (χ0v) is 6.06. The van der Waals surface area contributed by atoms with Gasteiger partial charge in [-0.2, -0.15) is 0 Å². The number of rotatable bonds is 0. The van der Waals surface area contributed by atoms with Crippen molar-refractivity contribution in [3.63, 3.8) is 0 Å². The Balaban J connectivity index is 2.25. The summed E-state index contributed by atoms with van der Waals surface area (Å²) in [4.78, 5) is 4.46. The third kappa shape index (κ3) is 0.939. The molecule has 0 aromatic carbocycles. The highest BCUT2D eigenvalue weighted by atomic mass is 14.9. The summed E-state index contributed by atoms with van der Waals surface area (Å²) in [6.45, 7) is 2.12. The fourth-order valence-electron chi connectivity index (χ4n) is 1.51. The summed E-state index contributed by atoms with van der Waals surface area (Å²) >= 11 is 0. The van der Waals surface area contributed by atoms with Crippen LogP contribution in [0.5, 0.6) is 0 Å². The molecule has 0 saturated carbocycles. The molecule has 2 rings (SSSR count). The summed E-state index contributed by atoms with van der Waals surface area (Å²) in [7, 11) is 0. The highest BCUT2D eigenvalue weighted by Crippen LogP contribution is 2.13. The third-order valence-electron chi connectivity index (χ3n) is 2.06. The summed E-state index contributed by atoms with van der Waals surface area (Å²) in [6.07, 6.45) is 5.72. The van der Waals surface area contributed by atoms with Crippen LogP contribution >= 0.6 is 0 Å². The van der Waals surface area contributed by atoms with Crippen LogP contribution in [0.4, 0.5) is 0 Å². The second-order valence-corrected chi connectivity index (χ2v) is 2.81. The van der Waals surface area contributed by atoms with Gasteiger partial charge in [0, 0.05) is 29.7 Å². The van der Waals surface area contributed by atoms with Gasteiger partial charge in [-0.05, 0) is 6.42 Å². The van der Waals surface area contributed by atoms with Gasteiger partial charge >= 0.3 is 0 Å². The summed E-state index contributed by atoms with van der Waals surface area (Å²) < 4.78 is 0. The van der Waals surface area contributed by atoms with E-state index in [1.165, 1.54) is 24.1 Å². The maximum Gasteiger partial charge on any atom is 0.252 e. The highest BCUT2D eigenvalue weighted by Gasteiger charge is 2.23. The highest BCUT2D eigenvalue weighted by molar-refractivity contribution is 6.00. The van der Waals surface area contributed by atoms with Crippen LogP contribution in [-0.4, -0.2) is 18.8 Å². The van der Waals surface area contributed by atoms with E-state index in [2.05, 4.69) is 16.5 Å². The second kappa shape index (κ2) is 2.45. The van der Waals surface area contributed by atoms with Crippen molar-refractivity contribution in [2.75, 3.05) is 13.1 Å². The molecule has 1 radical (unpaired) electrons. The van der Waals surface area contributed by atoms with E-state index in [1.807, 2.05) is 0 Å². The molecule has 2 heteroatoms. The first-order chi connectivity index (χ1) is 4.97. The van der Waals surface area contributed by atoms with Crippen molar-refractivity contribution < 1.29 is 0 Å². The van der Waals surface area contributed by atoms with E-state index in [-0.39, 0.29) is 0 Å². The number of hydrogen-bond donors (Lipinski definition) is 1. The Labute approximate surface area is 61.0 Å². The number of allylic oxidation sites excluding steroid dienone is 1. The first-order valence-electron chi connectivity index (χ1n) is 3.93. The Bertz CT molecular complexity index is 169. The van der Waals surface area contributed by atoms with Gasteiger partial charge in [-0.3, -0.25) is 0 Å². The molecule has 2 aliphatic rings. The van der Waals surface area contributed by atoms with Crippen LogP contribution in [-0.2, 0) is 0 Å². The molecule has 0 aromatic rings. The fourth-order valence-corrected chi connectivity index (χ4v) is 1.51. The molecule has 53 valence electrons. The fraction of sp³-hybridized carbons (Fsp3) is 0.625. The molecule has 10 heavy (non-hydrogen) atoms. The smallest absolute Gasteiger partial charge is 0.252 e. The topological polar surface area (TPSA) is 26.1 Å². The predicted molar refractivity (Wildman–Crippen MR) is 41.9 cm³/mol. The molecule has 2 heterocycles. The molecular formula is C8H12N2+. The maximum absolute atomic E-state index is 4.46. The molecule has 0 aromatic heterocycles. The van der Waals surface area contributed by atoms with Gasteiger partial charge in [-0.1, -0.05) is 0 Å². The molecular weight excluding hydrogens is 124 g/mol. The lowest BCUT2D eigenvalue weighted by atomic mass is 9.98. The van der Waals surface area contributed by atoms with E-state index < -0.39 is 0 Å². The largest absolute Gasteiger partial charge is 0.390 e. The third-order valence-corrected chi connectivity index (χ3v) is 2.06. The standard InChI is InChI=1S/C8H12N2/c1-2-7-6-9-5-3-8(7)10-4-1/h6,9H,1-5H2/q+1. The minimum absolute atomic E-state index is 1.05. The number of nitrogens with zero attached hydrogens (tertiary/aromatic N) is 1.